The SMILES string of the molecule is Cc1cnc(C(N)=O)c(NC2CCC(O)CC2)n1. The number of anilines is 1. The van der Waals surface area contributed by atoms with Gasteiger partial charge in [-0.3, -0.25) is 4.79 Å². The molecule has 18 heavy (non-hydrogen) atoms. The highest BCUT2D eigenvalue weighted by molar-refractivity contribution is 5.95. The highest BCUT2D eigenvalue weighted by Crippen LogP contribution is 2.22. The number of aliphatic hydroxyl groups is 1. The zero-order valence-corrected chi connectivity index (χ0v) is 10.4. The van der Waals surface area contributed by atoms with Crippen molar-refractivity contribution in [3.8, 4) is 0 Å². The third-order valence-electron chi connectivity index (χ3n) is 3.16. The molecule has 0 aliphatic heterocycles. The Balaban J connectivity index is 2.12. The second-order valence-electron chi connectivity index (χ2n) is 4.72. The average Bonchev–Trinajstić information content (AvgIpc) is 2.32. The Hall–Kier alpha value is -1.69. The molecule has 1 aromatic rings. The van der Waals surface area contributed by atoms with Crippen LogP contribution in [0, 0.1) is 6.92 Å². The van der Waals surface area contributed by atoms with Crippen LogP contribution in [0.5, 0.6) is 0 Å². The van der Waals surface area contributed by atoms with Crippen LogP contribution in [0.3, 0.4) is 0 Å². The zero-order chi connectivity index (χ0) is 13.1. The molecule has 1 heterocycles. The molecule has 6 heteroatoms. The molecule has 1 aromatic heterocycles. The number of primary amides is 1. The van der Waals surface area contributed by atoms with Crippen molar-refractivity contribution >= 4 is 11.7 Å². The molecule has 0 unspecified atom stereocenters. The maximum Gasteiger partial charge on any atom is 0.271 e. The van der Waals surface area contributed by atoms with Gasteiger partial charge in [0.05, 0.1) is 11.8 Å². The number of aryl methyl sites for hydroxylation is 1. The molecule has 1 saturated carbocycles. The monoisotopic (exact) mass is 250 g/mol. The molecule has 1 amide bonds. The molecule has 0 saturated heterocycles. The Morgan fingerprint density at radius 2 is 2.11 bits per heavy atom. The fourth-order valence-electron chi connectivity index (χ4n) is 2.17. The molecule has 0 radical (unpaired) electrons. The summed E-state index contributed by atoms with van der Waals surface area (Å²) in [4.78, 5) is 19.5. The standard InChI is InChI=1S/C12H18N4O2/c1-7-6-14-10(11(13)18)12(15-7)16-8-2-4-9(17)5-3-8/h6,8-9,17H,2-5H2,1H3,(H2,13,18)(H,15,16). The first-order valence-corrected chi connectivity index (χ1v) is 6.14. The molecule has 2 rings (SSSR count). The normalized spacial score (nSPS) is 23.7. The second kappa shape index (κ2) is 5.30. The fourth-order valence-corrected chi connectivity index (χ4v) is 2.17. The van der Waals surface area contributed by atoms with Gasteiger partial charge in [0.15, 0.2) is 11.5 Å². The Bertz CT molecular complexity index is 442. The van der Waals surface area contributed by atoms with E-state index in [1.54, 1.807) is 0 Å². The maximum absolute atomic E-state index is 11.3. The summed E-state index contributed by atoms with van der Waals surface area (Å²) >= 11 is 0. The van der Waals surface area contributed by atoms with E-state index in [-0.39, 0.29) is 17.8 Å². The number of amides is 1. The molecular formula is C12H18N4O2. The number of aliphatic hydroxyl groups excluding tert-OH is 1. The minimum absolute atomic E-state index is 0.173. The third-order valence-corrected chi connectivity index (χ3v) is 3.16. The van der Waals surface area contributed by atoms with Gasteiger partial charge < -0.3 is 16.2 Å². The number of rotatable bonds is 3. The minimum atomic E-state index is -0.583. The number of hydrogen-bond donors (Lipinski definition) is 3. The van der Waals surface area contributed by atoms with Crippen LogP contribution in [-0.2, 0) is 0 Å². The van der Waals surface area contributed by atoms with Crippen LogP contribution in [-0.4, -0.2) is 33.1 Å². The third kappa shape index (κ3) is 2.95. The molecular weight excluding hydrogens is 232 g/mol. The van der Waals surface area contributed by atoms with Gasteiger partial charge in [0, 0.05) is 12.2 Å². The summed E-state index contributed by atoms with van der Waals surface area (Å²) in [6, 6.07) is 0.211. The van der Waals surface area contributed by atoms with Crippen molar-refractivity contribution in [2.45, 2.75) is 44.8 Å². The van der Waals surface area contributed by atoms with Crippen molar-refractivity contribution in [2.75, 3.05) is 5.32 Å². The van der Waals surface area contributed by atoms with E-state index in [4.69, 9.17) is 5.73 Å². The number of aromatic nitrogens is 2. The molecule has 6 nitrogen and oxygen atoms in total. The predicted molar refractivity (Wildman–Crippen MR) is 67.2 cm³/mol. The summed E-state index contributed by atoms with van der Waals surface area (Å²) in [6.45, 7) is 1.81. The van der Waals surface area contributed by atoms with Gasteiger partial charge in [0.25, 0.3) is 5.91 Å². The van der Waals surface area contributed by atoms with Gasteiger partial charge >= 0.3 is 0 Å². The van der Waals surface area contributed by atoms with Crippen molar-refractivity contribution in [1.82, 2.24) is 9.97 Å². The highest BCUT2D eigenvalue weighted by Gasteiger charge is 2.21. The Morgan fingerprint density at radius 3 is 2.72 bits per heavy atom. The lowest BCUT2D eigenvalue weighted by molar-refractivity contribution is 0.0995. The van der Waals surface area contributed by atoms with Gasteiger partial charge in [-0.1, -0.05) is 0 Å². The molecule has 1 aliphatic carbocycles. The van der Waals surface area contributed by atoms with E-state index in [1.165, 1.54) is 6.20 Å². The Kier molecular flexibility index (Phi) is 3.76. The van der Waals surface area contributed by atoms with Crippen molar-refractivity contribution in [3.05, 3.63) is 17.6 Å². The van der Waals surface area contributed by atoms with Gasteiger partial charge in [-0.2, -0.15) is 0 Å². The zero-order valence-electron chi connectivity index (χ0n) is 10.4. The minimum Gasteiger partial charge on any atom is -0.393 e. The lowest BCUT2D eigenvalue weighted by Gasteiger charge is -2.27. The molecule has 98 valence electrons. The van der Waals surface area contributed by atoms with E-state index >= 15 is 0 Å². The smallest absolute Gasteiger partial charge is 0.271 e. The van der Waals surface area contributed by atoms with Crippen molar-refractivity contribution in [1.29, 1.82) is 0 Å². The first-order chi connectivity index (χ1) is 8.56. The highest BCUT2D eigenvalue weighted by atomic mass is 16.3. The molecule has 1 fully saturated rings. The maximum atomic E-state index is 11.3. The molecule has 0 bridgehead atoms. The van der Waals surface area contributed by atoms with Gasteiger partial charge in [0.1, 0.15) is 0 Å². The molecule has 0 aromatic carbocycles. The first-order valence-electron chi connectivity index (χ1n) is 6.14. The lowest BCUT2D eigenvalue weighted by atomic mass is 9.93. The summed E-state index contributed by atoms with van der Waals surface area (Å²) in [5, 5.41) is 12.7. The van der Waals surface area contributed by atoms with Crippen molar-refractivity contribution in [2.24, 2.45) is 5.73 Å². The number of carbonyl (C=O) groups excluding carboxylic acids is 1. The van der Waals surface area contributed by atoms with Crippen LogP contribution in [0.4, 0.5) is 5.82 Å². The molecule has 0 atom stereocenters. The Morgan fingerprint density at radius 1 is 1.44 bits per heavy atom. The number of nitrogens with one attached hydrogen (secondary N) is 1. The van der Waals surface area contributed by atoms with Crippen molar-refractivity contribution in [3.63, 3.8) is 0 Å². The van der Waals surface area contributed by atoms with Crippen LogP contribution in [0.25, 0.3) is 0 Å². The summed E-state index contributed by atoms with van der Waals surface area (Å²) in [6.07, 6.45) is 4.56. The lowest BCUT2D eigenvalue weighted by Crippen LogP contribution is -2.30. The van der Waals surface area contributed by atoms with Crippen LogP contribution in [0.15, 0.2) is 6.20 Å². The summed E-state index contributed by atoms with van der Waals surface area (Å²) in [7, 11) is 0. The number of carbonyl (C=O) groups is 1. The van der Waals surface area contributed by atoms with E-state index in [0.717, 1.165) is 31.4 Å². The van der Waals surface area contributed by atoms with E-state index in [0.29, 0.717) is 5.82 Å². The summed E-state index contributed by atoms with van der Waals surface area (Å²) < 4.78 is 0. The number of nitrogens with two attached hydrogens (primary N) is 1. The predicted octanol–water partition coefficient (Wildman–Crippen LogP) is 0.599. The van der Waals surface area contributed by atoms with E-state index in [2.05, 4.69) is 15.3 Å². The van der Waals surface area contributed by atoms with Crippen LogP contribution < -0.4 is 11.1 Å². The molecule has 0 spiro atoms. The van der Waals surface area contributed by atoms with E-state index in [1.807, 2.05) is 6.92 Å². The Labute approximate surface area is 106 Å². The van der Waals surface area contributed by atoms with Crippen LogP contribution in [0.1, 0.15) is 41.9 Å². The average molecular weight is 250 g/mol. The number of hydrogen-bond acceptors (Lipinski definition) is 5. The van der Waals surface area contributed by atoms with Crippen molar-refractivity contribution < 1.29 is 9.90 Å². The van der Waals surface area contributed by atoms with E-state index < -0.39 is 5.91 Å². The summed E-state index contributed by atoms with van der Waals surface area (Å²) in [5.74, 6) is -0.135. The van der Waals surface area contributed by atoms with Gasteiger partial charge in [0.2, 0.25) is 0 Å². The largest absolute Gasteiger partial charge is 0.393 e. The van der Waals surface area contributed by atoms with E-state index in [9.17, 15) is 9.90 Å². The van der Waals surface area contributed by atoms with Gasteiger partial charge in [-0.15, -0.1) is 0 Å². The number of nitrogens with zero attached hydrogens (tertiary/aromatic N) is 2. The molecule has 1 aliphatic rings. The van der Waals surface area contributed by atoms with Crippen LogP contribution >= 0.6 is 0 Å². The molecule has 4 N–H and O–H groups in total. The first kappa shape index (κ1) is 12.8. The fraction of sp³-hybridized carbons (Fsp3) is 0.583. The quantitative estimate of drug-likeness (QED) is 0.729. The van der Waals surface area contributed by atoms with Gasteiger partial charge in [-0.25, -0.2) is 9.97 Å². The van der Waals surface area contributed by atoms with Gasteiger partial charge in [-0.05, 0) is 32.6 Å². The second-order valence-corrected chi connectivity index (χ2v) is 4.72. The summed E-state index contributed by atoms with van der Waals surface area (Å²) in [5.41, 5.74) is 6.18. The van der Waals surface area contributed by atoms with Crippen LogP contribution in [0.2, 0.25) is 0 Å². The topological polar surface area (TPSA) is 101 Å².